The van der Waals surface area contributed by atoms with Crippen molar-refractivity contribution in [3.63, 3.8) is 0 Å². The highest BCUT2D eigenvalue weighted by molar-refractivity contribution is 4.69. The van der Waals surface area contributed by atoms with Gasteiger partial charge in [-0.3, -0.25) is 0 Å². The molecule has 0 heterocycles. The van der Waals surface area contributed by atoms with E-state index in [0.717, 1.165) is 0 Å². The first-order valence-corrected chi connectivity index (χ1v) is 4.42. The summed E-state index contributed by atoms with van der Waals surface area (Å²) < 4.78 is 9.93. The van der Waals surface area contributed by atoms with Gasteiger partial charge in [0.1, 0.15) is 0 Å². The molecular formula is C9H14N2O3. The van der Waals surface area contributed by atoms with Crippen molar-refractivity contribution in [2.45, 2.75) is 32.2 Å². The van der Waals surface area contributed by atoms with E-state index in [-0.39, 0.29) is 32.5 Å². The molecule has 0 aromatic carbocycles. The van der Waals surface area contributed by atoms with Crippen LogP contribution in [-0.2, 0) is 9.47 Å². The molecule has 0 saturated carbocycles. The van der Waals surface area contributed by atoms with Crippen molar-refractivity contribution in [2.75, 3.05) is 13.2 Å². The normalized spacial score (nSPS) is 10.6. The molecule has 0 aliphatic rings. The van der Waals surface area contributed by atoms with Crippen LogP contribution in [0.15, 0.2) is 0 Å². The summed E-state index contributed by atoms with van der Waals surface area (Å²) in [5.41, 5.74) is 0. The van der Waals surface area contributed by atoms with Crippen LogP contribution >= 0.6 is 0 Å². The van der Waals surface area contributed by atoms with Gasteiger partial charge in [0.05, 0.1) is 38.2 Å². The number of nitrogens with zero attached hydrogens (tertiary/aromatic N) is 2. The first-order valence-electron chi connectivity index (χ1n) is 4.42. The Labute approximate surface area is 83.5 Å². The maximum atomic E-state index is 9.61. The Morgan fingerprint density at radius 2 is 1.57 bits per heavy atom. The number of nitriles is 2. The molecule has 0 aromatic rings. The lowest BCUT2D eigenvalue weighted by molar-refractivity contribution is -0.360. The second-order valence-corrected chi connectivity index (χ2v) is 2.58. The zero-order valence-electron chi connectivity index (χ0n) is 8.19. The molecule has 0 radical (unpaired) electrons. The molecule has 0 aromatic heterocycles. The third kappa shape index (κ3) is 5.50. The van der Waals surface area contributed by atoms with E-state index in [1.54, 1.807) is 6.92 Å². The Hall–Kier alpha value is -1.14. The summed E-state index contributed by atoms with van der Waals surface area (Å²) in [4.78, 5) is 0. The van der Waals surface area contributed by atoms with Crippen molar-refractivity contribution in [1.82, 2.24) is 0 Å². The van der Waals surface area contributed by atoms with Crippen LogP contribution in [0.4, 0.5) is 0 Å². The second kappa shape index (κ2) is 7.28. The van der Waals surface area contributed by atoms with Gasteiger partial charge in [0.15, 0.2) is 0 Å². The van der Waals surface area contributed by atoms with E-state index in [9.17, 15) is 5.11 Å². The molecule has 78 valence electrons. The lowest BCUT2D eigenvalue weighted by atomic mass is 10.4. The van der Waals surface area contributed by atoms with Crippen LogP contribution in [-0.4, -0.2) is 24.3 Å². The van der Waals surface area contributed by atoms with Gasteiger partial charge in [-0.25, -0.2) is 0 Å². The average molecular weight is 198 g/mol. The highest BCUT2D eigenvalue weighted by atomic mass is 16.8. The number of ether oxygens (including phenoxy) is 2. The van der Waals surface area contributed by atoms with Crippen molar-refractivity contribution in [3.05, 3.63) is 0 Å². The fourth-order valence-corrected chi connectivity index (χ4v) is 0.758. The highest BCUT2D eigenvalue weighted by Crippen LogP contribution is 2.14. The summed E-state index contributed by atoms with van der Waals surface area (Å²) in [6.07, 6.45) is 0.650. The first-order chi connectivity index (χ1) is 6.68. The van der Waals surface area contributed by atoms with Crippen LogP contribution in [0.5, 0.6) is 0 Å². The van der Waals surface area contributed by atoms with Gasteiger partial charge in [-0.05, 0) is 0 Å². The number of aliphatic hydroxyl groups is 1. The van der Waals surface area contributed by atoms with Crippen LogP contribution in [0.3, 0.4) is 0 Å². The van der Waals surface area contributed by atoms with Gasteiger partial charge in [-0.2, -0.15) is 10.5 Å². The van der Waals surface area contributed by atoms with Gasteiger partial charge in [-0.15, -0.1) is 0 Å². The minimum Gasteiger partial charge on any atom is -0.343 e. The minimum absolute atomic E-state index is 0.118. The molecule has 5 heteroatoms. The quantitative estimate of drug-likeness (QED) is 0.485. The van der Waals surface area contributed by atoms with Crippen LogP contribution < -0.4 is 0 Å². The Kier molecular flexibility index (Phi) is 6.69. The van der Waals surface area contributed by atoms with Crippen molar-refractivity contribution >= 4 is 0 Å². The summed E-state index contributed by atoms with van der Waals surface area (Å²) in [5.74, 6) is -1.66. The lowest BCUT2D eigenvalue weighted by Gasteiger charge is -2.25. The molecule has 0 unspecified atom stereocenters. The number of rotatable bonds is 7. The molecule has 0 atom stereocenters. The summed E-state index contributed by atoms with van der Waals surface area (Å²) in [6.45, 7) is 1.93. The summed E-state index contributed by atoms with van der Waals surface area (Å²) in [6, 6.07) is 3.78. The van der Waals surface area contributed by atoms with E-state index in [2.05, 4.69) is 0 Å². The van der Waals surface area contributed by atoms with E-state index >= 15 is 0 Å². The zero-order valence-corrected chi connectivity index (χ0v) is 8.19. The lowest BCUT2D eigenvalue weighted by Crippen LogP contribution is -2.35. The van der Waals surface area contributed by atoms with Crippen molar-refractivity contribution in [3.8, 4) is 12.1 Å². The largest absolute Gasteiger partial charge is 0.343 e. The highest BCUT2D eigenvalue weighted by Gasteiger charge is 2.25. The zero-order chi connectivity index (χ0) is 10.9. The fourth-order valence-electron chi connectivity index (χ4n) is 0.758. The molecule has 0 aliphatic carbocycles. The maximum Gasteiger partial charge on any atom is 0.280 e. The van der Waals surface area contributed by atoms with E-state index in [4.69, 9.17) is 20.0 Å². The molecule has 14 heavy (non-hydrogen) atoms. The molecule has 0 saturated heterocycles. The Bertz CT molecular complexity index is 209. The fraction of sp³-hybridized carbons (Fsp3) is 0.778. The van der Waals surface area contributed by atoms with Gasteiger partial charge in [-0.1, -0.05) is 6.92 Å². The maximum absolute atomic E-state index is 9.61. The molecule has 5 nitrogen and oxygen atoms in total. The van der Waals surface area contributed by atoms with Crippen LogP contribution in [0.1, 0.15) is 26.2 Å². The predicted octanol–water partition coefficient (Wildman–Crippen LogP) is 0.903. The number of hydrogen-bond acceptors (Lipinski definition) is 5. The smallest absolute Gasteiger partial charge is 0.280 e. The first kappa shape index (κ1) is 12.9. The summed E-state index contributed by atoms with van der Waals surface area (Å²) >= 11 is 0. The van der Waals surface area contributed by atoms with Gasteiger partial charge in [0.25, 0.3) is 5.97 Å². The molecule has 0 amide bonds. The van der Waals surface area contributed by atoms with E-state index in [1.807, 2.05) is 12.1 Å². The monoisotopic (exact) mass is 198 g/mol. The van der Waals surface area contributed by atoms with E-state index in [1.165, 1.54) is 0 Å². The van der Waals surface area contributed by atoms with Crippen LogP contribution in [0.25, 0.3) is 0 Å². The Morgan fingerprint density at radius 3 is 1.86 bits per heavy atom. The van der Waals surface area contributed by atoms with Gasteiger partial charge < -0.3 is 14.6 Å². The molecule has 0 rings (SSSR count). The van der Waals surface area contributed by atoms with Gasteiger partial charge in [0, 0.05) is 6.42 Å². The minimum atomic E-state index is -1.66. The molecular weight excluding hydrogens is 184 g/mol. The van der Waals surface area contributed by atoms with Crippen LogP contribution in [0, 0.1) is 22.7 Å². The third-order valence-corrected chi connectivity index (χ3v) is 1.53. The van der Waals surface area contributed by atoms with E-state index < -0.39 is 5.97 Å². The van der Waals surface area contributed by atoms with Crippen molar-refractivity contribution in [2.24, 2.45) is 0 Å². The topological polar surface area (TPSA) is 86.3 Å². The molecule has 0 aliphatic heterocycles. The SMILES string of the molecule is CCC(O)(OCCC#N)OCCC#N. The van der Waals surface area contributed by atoms with Gasteiger partial charge in [0.2, 0.25) is 0 Å². The summed E-state index contributed by atoms with van der Waals surface area (Å²) in [5, 5.41) is 26.1. The second-order valence-electron chi connectivity index (χ2n) is 2.58. The summed E-state index contributed by atoms with van der Waals surface area (Å²) in [7, 11) is 0. The van der Waals surface area contributed by atoms with Crippen LogP contribution in [0.2, 0.25) is 0 Å². The molecule has 1 N–H and O–H groups in total. The van der Waals surface area contributed by atoms with Crippen molar-refractivity contribution < 1.29 is 14.6 Å². The standard InChI is InChI=1S/C9H14N2O3/c1-2-9(12,13-7-3-5-10)14-8-4-6-11/h12H,2-4,7-8H2,1H3. The Morgan fingerprint density at radius 1 is 1.14 bits per heavy atom. The Balaban J connectivity index is 3.81. The number of hydrogen-bond donors (Lipinski definition) is 1. The predicted molar refractivity (Wildman–Crippen MR) is 47.6 cm³/mol. The van der Waals surface area contributed by atoms with Crippen molar-refractivity contribution in [1.29, 1.82) is 10.5 Å². The molecule has 0 fully saturated rings. The molecule has 0 bridgehead atoms. The molecule has 0 spiro atoms. The third-order valence-electron chi connectivity index (χ3n) is 1.53. The van der Waals surface area contributed by atoms with E-state index in [0.29, 0.717) is 0 Å². The van der Waals surface area contributed by atoms with Gasteiger partial charge >= 0.3 is 0 Å². The average Bonchev–Trinajstić information content (AvgIpc) is 2.19.